The molecule has 0 saturated carbocycles. The lowest BCUT2D eigenvalue weighted by atomic mass is 9.98. The van der Waals surface area contributed by atoms with Gasteiger partial charge < -0.3 is 15.8 Å². The molecule has 0 atom stereocenters. The van der Waals surface area contributed by atoms with Crippen molar-refractivity contribution in [3.63, 3.8) is 0 Å². The fourth-order valence-corrected chi connectivity index (χ4v) is 2.45. The topological polar surface area (TPSA) is 61.8 Å². The molecule has 1 aliphatic rings. The first-order valence-electron chi connectivity index (χ1n) is 6.14. The predicted octanol–water partition coefficient (Wildman–Crippen LogP) is 2.67. The third-order valence-corrected chi connectivity index (χ3v) is 3.70. The third kappa shape index (κ3) is 2.70. The van der Waals surface area contributed by atoms with E-state index in [1.165, 1.54) is 0 Å². The second kappa shape index (κ2) is 5.48. The first-order valence-corrected chi connectivity index (χ1v) is 6.52. The quantitative estimate of drug-likeness (QED) is 0.375. The Morgan fingerprint density at radius 2 is 2.11 bits per heavy atom. The number of amidine groups is 1. The Kier molecular flexibility index (Phi) is 3.97. The van der Waals surface area contributed by atoms with Crippen molar-refractivity contribution in [3.8, 4) is 0 Å². The van der Waals surface area contributed by atoms with Crippen LogP contribution in [0.2, 0.25) is 5.02 Å². The Labute approximate surface area is 112 Å². The molecule has 1 aromatic carbocycles. The normalized spacial score (nSPS) is 18.1. The van der Waals surface area contributed by atoms with Crippen LogP contribution in [0.25, 0.3) is 0 Å². The number of nitrogens with two attached hydrogens (primary N) is 1. The van der Waals surface area contributed by atoms with Crippen LogP contribution in [0.1, 0.15) is 25.3 Å². The van der Waals surface area contributed by atoms with Crippen LogP contribution in [0.5, 0.6) is 0 Å². The molecule has 5 heteroatoms. The molecule has 1 aliphatic heterocycles. The highest BCUT2D eigenvalue weighted by Crippen LogP contribution is 2.28. The van der Waals surface area contributed by atoms with Crippen molar-refractivity contribution >= 4 is 23.1 Å². The minimum Gasteiger partial charge on any atom is -0.409 e. The van der Waals surface area contributed by atoms with Gasteiger partial charge in [0.25, 0.3) is 0 Å². The molecule has 1 saturated heterocycles. The van der Waals surface area contributed by atoms with Gasteiger partial charge in [-0.05, 0) is 37.0 Å². The Bertz CT molecular complexity index is 454. The minimum atomic E-state index is 0.125. The second-order valence-corrected chi connectivity index (χ2v) is 5.25. The molecule has 2 rings (SSSR count). The molecule has 4 nitrogen and oxygen atoms in total. The first-order chi connectivity index (χ1) is 8.61. The van der Waals surface area contributed by atoms with Gasteiger partial charge in [0.2, 0.25) is 0 Å². The van der Waals surface area contributed by atoms with Crippen LogP contribution in [-0.2, 0) is 0 Å². The minimum absolute atomic E-state index is 0.125. The Hall–Kier alpha value is -1.42. The van der Waals surface area contributed by atoms with Gasteiger partial charge >= 0.3 is 0 Å². The summed E-state index contributed by atoms with van der Waals surface area (Å²) in [6, 6.07) is 5.43. The Balaban J connectivity index is 2.33. The summed E-state index contributed by atoms with van der Waals surface area (Å²) in [5.41, 5.74) is 7.39. The van der Waals surface area contributed by atoms with E-state index in [0.29, 0.717) is 5.02 Å². The molecule has 98 valence electrons. The average Bonchev–Trinajstić information content (AvgIpc) is 2.38. The maximum absolute atomic E-state index is 8.83. The Morgan fingerprint density at radius 3 is 2.72 bits per heavy atom. The number of oxime groups is 1. The lowest BCUT2D eigenvalue weighted by Crippen LogP contribution is -2.34. The molecule has 0 aliphatic carbocycles. The molecule has 0 radical (unpaired) electrons. The SMILES string of the molecule is CC1CCN(c2cc(Cl)ccc2C(N)=NO)CC1. The van der Waals surface area contributed by atoms with Crippen molar-refractivity contribution in [2.75, 3.05) is 18.0 Å². The summed E-state index contributed by atoms with van der Waals surface area (Å²) in [5.74, 6) is 0.882. The number of piperidine rings is 1. The number of hydrogen-bond donors (Lipinski definition) is 2. The van der Waals surface area contributed by atoms with Crippen LogP contribution in [0.15, 0.2) is 23.4 Å². The van der Waals surface area contributed by atoms with Crippen LogP contribution in [0, 0.1) is 5.92 Å². The highest BCUT2D eigenvalue weighted by molar-refractivity contribution is 6.31. The van der Waals surface area contributed by atoms with Gasteiger partial charge in [0.05, 0.1) is 0 Å². The van der Waals surface area contributed by atoms with Gasteiger partial charge in [-0.2, -0.15) is 0 Å². The summed E-state index contributed by atoms with van der Waals surface area (Å²) < 4.78 is 0. The number of halogens is 1. The van der Waals surface area contributed by atoms with Gasteiger partial charge in [-0.25, -0.2) is 0 Å². The zero-order valence-corrected chi connectivity index (χ0v) is 11.2. The van der Waals surface area contributed by atoms with Gasteiger partial charge in [-0.3, -0.25) is 0 Å². The number of nitrogens with zero attached hydrogens (tertiary/aromatic N) is 2. The number of rotatable bonds is 2. The second-order valence-electron chi connectivity index (χ2n) is 4.82. The smallest absolute Gasteiger partial charge is 0.172 e. The summed E-state index contributed by atoms with van der Waals surface area (Å²) in [7, 11) is 0. The molecular formula is C13H18ClN3O. The van der Waals surface area contributed by atoms with Gasteiger partial charge in [-0.15, -0.1) is 0 Å². The van der Waals surface area contributed by atoms with Gasteiger partial charge in [0.1, 0.15) is 0 Å². The summed E-state index contributed by atoms with van der Waals surface area (Å²) >= 11 is 6.04. The van der Waals surface area contributed by atoms with Crippen molar-refractivity contribution in [2.45, 2.75) is 19.8 Å². The van der Waals surface area contributed by atoms with Crippen molar-refractivity contribution in [1.29, 1.82) is 0 Å². The maximum Gasteiger partial charge on any atom is 0.172 e. The zero-order chi connectivity index (χ0) is 13.1. The van der Waals surface area contributed by atoms with Crippen LogP contribution in [0.4, 0.5) is 5.69 Å². The van der Waals surface area contributed by atoms with E-state index in [2.05, 4.69) is 17.0 Å². The highest BCUT2D eigenvalue weighted by Gasteiger charge is 2.19. The van der Waals surface area contributed by atoms with Crippen molar-refractivity contribution in [2.24, 2.45) is 16.8 Å². The van der Waals surface area contributed by atoms with E-state index in [0.717, 1.165) is 43.1 Å². The molecule has 1 aromatic rings. The monoisotopic (exact) mass is 267 g/mol. The standard InChI is InChI=1S/C13H18ClN3O/c1-9-4-6-17(7-5-9)12-8-10(14)2-3-11(12)13(15)16-18/h2-3,8-9,18H,4-7H2,1H3,(H2,15,16). The van der Waals surface area contributed by atoms with Crippen molar-refractivity contribution in [1.82, 2.24) is 0 Å². The summed E-state index contributed by atoms with van der Waals surface area (Å²) in [4.78, 5) is 2.25. The summed E-state index contributed by atoms with van der Waals surface area (Å²) in [6.45, 7) is 4.22. The molecule has 0 unspecified atom stereocenters. The zero-order valence-electron chi connectivity index (χ0n) is 10.4. The van der Waals surface area contributed by atoms with E-state index in [1.54, 1.807) is 12.1 Å². The fraction of sp³-hybridized carbons (Fsp3) is 0.462. The lowest BCUT2D eigenvalue weighted by molar-refractivity contribution is 0.318. The summed E-state index contributed by atoms with van der Waals surface area (Å²) in [5, 5.41) is 12.6. The van der Waals surface area contributed by atoms with E-state index in [9.17, 15) is 0 Å². The molecule has 0 spiro atoms. The van der Waals surface area contributed by atoms with Gasteiger partial charge in [0.15, 0.2) is 5.84 Å². The van der Waals surface area contributed by atoms with E-state index in [4.69, 9.17) is 22.5 Å². The molecule has 3 N–H and O–H groups in total. The van der Waals surface area contributed by atoms with E-state index < -0.39 is 0 Å². The van der Waals surface area contributed by atoms with Crippen LogP contribution < -0.4 is 10.6 Å². The van der Waals surface area contributed by atoms with Crippen molar-refractivity contribution < 1.29 is 5.21 Å². The number of anilines is 1. The molecule has 0 amide bonds. The molecule has 1 fully saturated rings. The van der Waals surface area contributed by atoms with Crippen LogP contribution in [0.3, 0.4) is 0 Å². The largest absolute Gasteiger partial charge is 0.409 e. The number of benzene rings is 1. The highest BCUT2D eigenvalue weighted by atomic mass is 35.5. The third-order valence-electron chi connectivity index (χ3n) is 3.47. The fourth-order valence-electron chi connectivity index (χ4n) is 2.29. The molecule has 0 bridgehead atoms. The maximum atomic E-state index is 8.83. The molecule has 1 heterocycles. The molecule has 18 heavy (non-hydrogen) atoms. The van der Waals surface area contributed by atoms with Crippen molar-refractivity contribution in [3.05, 3.63) is 28.8 Å². The number of hydrogen-bond acceptors (Lipinski definition) is 3. The average molecular weight is 268 g/mol. The van der Waals surface area contributed by atoms with E-state index in [1.807, 2.05) is 6.07 Å². The van der Waals surface area contributed by atoms with E-state index >= 15 is 0 Å². The molecule has 0 aromatic heterocycles. The lowest BCUT2D eigenvalue weighted by Gasteiger charge is -2.33. The first kappa shape index (κ1) is 13.0. The van der Waals surface area contributed by atoms with Crippen LogP contribution >= 0.6 is 11.6 Å². The van der Waals surface area contributed by atoms with E-state index in [-0.39, 0.29) is 5.84 Å². The predicted molar refractivity (Wildman–Crippen MR) is 74.6 cm³/mol. The summed E-state index contributed by atoms with van der Waals surface area (Å²) in [6.07, 6.45) is 2.31. The molecular weight excluding hydrogens is 250 g/mol. The van der Waals surface area contributed by atoms with Crippen LogP contribution in [-0.4, -0.2) is 24.1 Å². The Morgan fingerprint density at radius 1 is 1.44 bits per heavy atom. The van der Waals surface area contributed by atoms with Gasteiger partial charge in [0, 0.05) is 29.4 Å². The van der Waals surface area contributed by atoms with Gasteiger partial charge in [-0.1, -0.05) is 23.7 Å².